The molecule has 0 aromatic carbocycles. The van der Waals surface area contributed by atoms with E-state index in [4.69, 9.17) is 4.74 Å². The molecule has 1 aromatic rings. The van der Waals surface area contributed by atoms with E-state index in [9.17, 15) is 9.59 Å². The fourth-order valence-corrected chi connectivity index (χ4v) is 3.70. The summed E-state index contributed by atoms with van der Waals surface area (Å²) >= 11 is 0. The predicted octanol–water partition coefficient (Wildman–Crippen LogP) is 0.485. The number of ether oxygens (including phenoxy) is 1. The molecule has 0 saturated carbocycles. The van der Waals surface area contributed by atoms with Crippen molar-refractivity contribution in [2.75, 3.05) is 44.7 Å². The van der Waals surface area contributed by atoms with E-state index in [2.05, 4.69) is 10.00 Å². The molecule has 2 aliphatic rings. The predicted molar refractivity (Wildman–Crippen MR) is 97.8 cm³/mol. The van der Waals surface area contributed by atoms with Gasteiger partial charge in [-0.1, -0.05) is 0 Å². The minimum Gasteiger partial charge on any atom is -0.369 e. The number of carbonyl (C=O) groups is 2. The number of amides is 2. The van der Waals surface area contributed by atoms with Gasteiger partial charge in [-0.3, -0.25) is 19.2 Å². The average molecular weight is 363 g/mol. The van der Waals surface area contributed by atoms with Gasteiger partial charge in [-0.25, -0.2) is 0 Å². The molecule has 1 unspecified atom stereocenters. The first-order chi connectivity index (χ1) is 12.3. The third-order valence-electron chi connectivity index (χ3n) is 5.48. The van der Waals surface area contributed by atoms with Gasteiger partial charge in [0, 0.05) is 53.1 Å². The fourth-order valence-electron chi connectivity index (χ4n) is 3.70. The van der Waals surface area contributed by atoms with E-state index in [0.717, 1.165) is 25.1 Å². The van der Waals surface area contributed by atoms with Crippen LogP contribution in [-0.4, -0.2) is 82.9 Å². The summed E-state index contributed by atoms with van der Waals surface area (Å²) in [6, 6.07) is -0.114. The zero-order chi connectivity index (χ0) is 18.9. The number of rotatable bonds is 4. The molecule has 8 heteroatoms. The molecule has 2 fully saturated rings. The molecule has 2 saturated heterocycles. The highest BCUT2D eigenvalue weighted by molar-refractivity contribution is 5.97. The van der Waals surface area contributed by atoms with Gasteiger partial charge in [0.05, 0.1) is 17.9 Å². The van der Waals surface area contributed by atoms with Gasteiger partial charge in [-0.15, -0.1) is 0 Å². The molecular weight excluding hydrogens is 334 g/mol. The number of anilines is 1. The van der Waals surface area contributed by atoms with Crippen LogP contribution in [-0.2, 0) is 21.4 Å². The topological polar surface area (TPSA) is 70.9 Å². The second kappa shape index (κ2) is 7.36. The lowest BCUT2D eigenvalue weighted by Crippen LogP contribution is -2.60. The zero-order valence-electron chi connectivity index (χ0n) is 16.1. The van der Waals surface area contributed by atoms with Crippen LogP contribution in [0.3, 0.4) is 0 Å². The lowest BCUT2D eigenvalue weighted by Gasteiger charge is -2.43. The number of piperazine rings is 1. The maximum atomic E-state index is 13.0. The Morgan fingerprint density at radius 3 is 2.50 bits per heavy atom. The van der Waals surface area contributed by atoms with Crippen LogP contribution in [0.1, 0.15) is 26.7 Å². The normalized spacial score (nSPS) is 22.8. The minimum absolute atomic E-state index is 0.00612. The highest BCUT2D eigenvalue weighted by Crippen LogP contribution is 2.24. The van der Waals surface area contributed by atoms with Crippen LogP contribution in [0.2, 0.25) is 0 Å². The Labute approximate surface area is 154 Å². The van der Waals surface area contributed by atoms with Crippen LogP contribution in [0.4, 0.5) is 5.69 Å². The van der Waals surface area contributed by atoms with Crippen molar-refractivity contribution in [3.05, 3.63) is 12.4 Å². The molecule has 0 aliphatic carbocycles. The van der Waals surface area contributed by atoms with Crippen LogP contribution in [0.15, 0.2) is 12.4 Å². The number of piperidine rings is 1. The van der Waals surface area contributed by atoms with Gasteiger partial charge >= 0.3 is 0 Å². The maximum Gasteiger partial charge on any atom is 0.254 e. The van der Waals surface area contributed by atoms with Crippen molar-refractivity contribution in [1.29, 1.82) is 0 Å². The van der Waals surface area contributed by atoms with Crippen LogP contribution in [0, 0.1) is 0 Å². The number of aryl methyl sites for hydroxylation is 1. The smallest absolute Gasteiger partial charge is 0.254 e. The van der Waals surface area contributed by atoms with E-state index < -0.39 is 5.60 Å². The van der Waals surface area contributed by atoms with Crippen LogP contribution in [0.5, 0.6) is 0 Å². The first kappa shape index (κ1) is 18.8. The molecule has 0 N–H and O–H groups in total. The molecule has 2 amide bonds. The second-order valence-electron chi connectivity index (χ2n) is 7.56. The molecule has 26 heavy (non-hydrogen) atoms. The summed E-state index contributed by atoms with van der Waals surface area (Å²) in [5, 5.41) is 4.18. The molecule has 1 aromatic heterocycles. The average Bonchev–Trinajstić information content (AvgIpc) is 3.07. The highest BCUT2D eigenvalue weighted by Gasteiger charge is 2.38. The monoisotopic (exact) mass is 363 g/mol. The zero-order valence-corrected chi connectivity index (χ0v) is 16.1. The Kier molecular flexibility index (Phi) is 5.34. The first-order valence-electron chi connectivity index (χ1n) is 9.22. The number of carbonyl (C=O) groups excluding carboxylic acids is 2. The van der Waals surface area contributed by atoms with Gasteiger partial charge in [-0.2, -0.15) is 5.10 Å². The Bertz CT molecular complexity index is 664. The van der Waals surface area contributed by atoms with Gasteiger partial charge < -0.3 is 14.5 Å². The minimum atomic E-state index is -0.806. The SMILES string of the molecule is COC(C)(C)C(=O)N1CCN(C2CCCN(c3cnn(C)c3)C2=O)CC1. The van der Waals surface area contributed by atoms with Gasteiger partial charge in [0.25, 0.3) is 5.91 Å². The summed E-state index contributed by atoms with van der Waals surface area (Å²) in [5.41, 5.74) is 0.0535. The first-order valence-corrected chi connectivity index (χ1v) is 9.22. The quantitative estimate of drug-likeness (QED) is 0.778. The summed E-state index contributed by atoms with van der Waals surface area (Å²) in [6.07, 6.45) is 5.46. The number of hydrogen-bond donors (Lipinski definition) is 0. The van der Waals surface area contributed by atoms with Crippen LogP contribution in [0.25, 0.3) is 0 Å². The Morgan fingerprint density at radius 1 is 1.23 bits per heavy atom. The van der Waals surface area contributed by atoms with E-state index in [0.29, 0.717) is 26.2 Å². The maximum absolute atomic E-state index is 13.0. The molecule has 0 bridgehead atoms. The standard InChI is InChI=1S/C18H29N5O3/c1-18(2,26-4)17(25)22-10-8-21(9-11-22)15-6-5-7-23(16(15)24)14-12-19-20(3)13-14/h12-13,15H,5-11H2,1-4H3. The summed E-state index contributed by atoms with van der Waals surface area (Å²) in [6.45, 7) is 6.99. The van der Waals surface area contributed by atoms with Gasteiger partial charge in [0.1, 0.15) is 5.60 Å². The molecule has 144 valence electrons. The third-order valence-corrected chi connectivity index (χ3v) is 5.48. The number of methoxy groups -OCH3 is 1. The summed E-state index contributed by atoms with van der Waals surface area (Å²) in [7, 11) is 3.41. The van der Waals surface area contributed by atoms with E-state index in [1.54, 1.807) is 31.8 Å². The summed E-state index contributed by atoms with van der Waals surface area (Å²) in [5.74, 6) is 0.146. The Morgan fingerprint density at radius 2 is 1.92 bits per heavy atom. The number of nitrogens with zero attached hydrogens (tertiary/aromatic N) is 5. The Balaban J connectivity index is 1.62. The highest BCUT2D eigenvalue weighted by atomic mass is 16.5. The van der Waals surface area contributed by atoms with E-state index in [1.807, 2.05) is 23.0 Å². The fraction of sp³-hybridized carbons (Fsp3) is 0.722. The molecule has 0 spiro atoms. The molecule has 3 rings (SSSR count). The molecular formula is C18H29N5O3. The molecule has 8 nitrogen and oxygen atoms in total. The lowest BCUT2D eigenvalue weighted by molar-refractivity contribution is -0.153. The largest absolute Gasteiger partial charge is 0.369 e. The number of aromatic nitrogens is 2. The van der Waals surface area contributed by atoms with Crippen molar-refractivity contribution in [2.45, 2.75) is 38.3 Å². The second-order valence-corrected chi connectivity index (χ2v) is 7.56. The number of hydrogen-bond acceptors (Lipinski definition) is 5. The van der Waals surface area contributed by atoms with E-state index >= 15 is 0 Å². The van der Waals surface area contributed by atoms with Crippen molar-refractivity contribution >= 4 is 17.5 Å². The molecule has 2 aliphatic heterocycles. The summed E-state index contributed by atoms with van der Waals surface area (Å²) in [4.78, 5) is 31.4. The van der Waals surface area contributed by atoms with Gasteiger partial charge in [0.2, 0.25) is 5.91 Å². The lowest BCUT2D eigenvalue weighted by atomic mass is 10.0. The van der Waals surface area contributed by atoms with E-state index in [-0.39, 0.29) is 17.9 Å². The molecule has 1 atom stereocenters. The third kappa shape index (κ3) is 3.61. The van der Waals surface area contributed by atoms with Crippen molar-refractivity contribution < 1.29 is 14.3 Å². The molecule has 3 heterocycles. The van der Waals surface area contributed by atoms with Crippen LogP contribution < -0.4 is 4.90 Å². The Hall–Kier alpha value is -1.93. The van der Waals surface area contributed by atoms with Gasteiger partial charge in [-0.05, 0) is 26.7 Å². The van der Waals surface area contributed by atoms with Crippen molar-refractivity contribution in [3.63, 3.8) is 0 Å². The van der Waals surface area contributed by atoms with Crippen LogP contribution >= 0.6 is 0 Å². The van der Waals surface area contributed by atoms with Crippen molar-refractivity contribution in [1.82, 2.24) is 19.6 Å². The molecule has 0 radical (unpaired) electrons. The van der Waals surface area contributed by atoms with Crippen molar-refractivity contribution in [2.24, 2.45) is 7.05 Å². The van der Waals surface area contributed by atoms with Crippen molar-refractivity contribution in [3.8, 4) is 0 Å². The van der Waals surface area contributed by atoms with E-state index in [1.165, 1.54) is 0 Å². The van der Waals surface area contributed by atoms with Gasteiger partial charge in [0.15, 0.2) is 0 Å². The summed E-state index contributed by atoms with van der Waals surface area (Å²) < 4.78 is 7.02.